The summed E-state index contributed by atoms with van der Waals surface area (Å²) in [4.78, 5) is 24.6. The van der Waals surface area contributed by atoms with Gasteiger partial charge in [0.25, 0.3) is 5.69 Å². The summed E-state index contributed by atoms with van der Waals surface area (Å²) in [5.74, 6) is -0.734. The maximum Gasteiger partial charge on any atom is 0.339 e. The smallest absolute Gasteiger partial charge is 0.339 e. The molecule has 1 aromatic carbocycles. The molecule has 1 atom stereocenters. The summed E-state index contributed by atoms with van der Waals surface area (Å²) in [5.41, 5.74) is 0.491. The van der Waals surface area contributed by atoms with Crippen molar-refractivity contribution in [2.45, 2.75) is 32.3 Å². The van der Waals surface area contributed by atoms with Crippen LogP contribution in [-0.4, -0.2) is 30.1 Å². The van der Waals surface area contributed by atoms with E-state index in [0.29, 0.717) is 5.69 Å². The first-order valence-corrected chi connectivity index (χ1v) is 7.17. The Morgan fingerprint density at radius 3 is 2.68 bits per heavy atom. The van der Waals surface area contributed by atoms with Crippen molar-refractivity contribution in [3.05, 3.63) is 33.9 Å². The van der Waals surface area contributed by atoms with Gasteiger partial charge < -0.3 is 9.64 Å². The lowest BCUT2D eigenvalue weighted by Crippen LogP contribution is -2.30. The van der Waals surface area contributed by atoms with Crippen LogP contribution in [0.3, 0.4) is 0 Å². The SMILES string of the molecule is C[C@H](C#N)OC(=O)c1ccc(N2CCCCC2)c([N+](=O)[O-])c1. The number of carbonyl (C=O) groups is 1. The van der Waals surface area contributed by atoms with Crippen molar-refractivity contribution in [1.29, 1.82) is 5.26 Å². The number of nitriles is 1. The third-order valence-corrected chi connectivity index (χ3v) is 3.57. The van der Waals surface area contributed by atoms with Crippen molar-refractivity contribution in [1.82, 2.24) is 0 Å². The Kier molecular flexibility index (Phi) is 4.94. The fourth-order valence-corrected chi connectivity index (χ4v) is 2.45. The first-order chi connectivity index (χ1) is 10.5. The van der Waals surface area contributed by atoms with Crippen molar-refractivity contribution in [3.63, 3.8) is 0 Å². The van der Waals surface area contributed by atoms with E-state index in [-0.39, 0.29) is 11.3 Å². The maximum atomic E-state index is 11.9. The van der Waals surface area contributed by atoms with Gasteiger partial charge in [0.15, 0.2) is 6.10 Å². The Morgan fingerprint density at radius 1 is 1.41 bits per heavy atom. The molecule has 1 heterocycles. The molecular weight excluding hydrogens is 286 g/mol. The number of anilines is 1. The predicted molar refractivity (Wildman–Crippen MR) is 79.7 cm³/mol. The molecule has 0 N–H and O–H groups in total. The number of ether oxygens (including phenoxy) is 1. The molecule has 0 aromatic heterocycles. The molecule has 2 rings (SSSR count). The lowest BCUT2D eigenvalue weighted by Gasteiger charge is -2.28. The Labute approximate surface area is 128 Å². The fourth-order valence-electron chi connectivity index (χ4n) is 2.45. The van der Waals surface area contributed by atoms with Crippen LogP contribution >= 0.6 is 0 Å². The standard InChI is InChI=1S/C15H17N3O4/c1-11(10-16)22-15(19)12-5-6-13(14(9-12)18(20)21)17-7-3-2-4-8-17/h5-6,9,11H,2-4,7-8H2,1H3/t11-/m1/s1. The molecule has 0 unspecified atom stereocenters. The monoisotopic (exact) mass is 303 g/mol. The number of hydrogen-bond donors (Lipinski definition) is 0. The molecule has 22 heavy (non-hydrogen) atoms. The third-order valence-electron chi connectivity index (χ3n) is 3.57. The number of rotatable bonds is 4. The number of nitro groups is 1. The molecule has 1 aromatic rings. The first kappa shape index (κ1) is 15.8. The molecule has 7 heteroatoms. The highest BCUT2D eigenvalue weighted by Gasteiger charge is 2.24. The lowest BCUT2D eigenvalue weighted by atomic mass is 10.1. The highest BCUT2D eigenvalue weighted by Crippen LogP contribution is 2.31. The van der Waals surface area contributed by atoms with Crippen LogP contribution in [0.25, 0.3) is 0 Å². The second-order valence-electron chi connectivity index (χ2n) is 5.18. The average Bonchev–Trinajstić information content (AvgIpc) is 2.54. The summed E-state index contributed by atoms with van der Waals surface area (Å²) in [7, 11) is 0. The molecule has 1 saturated heterocycles. The number of carbonyl (C=O) groups excluding carboxylic acids is 1. The molecule has 0 saturated carbocycles. The summed E-state index contributed by atoms with van der Waals surface area (Å²) in [5, 5.41) is 19.9. The number of esters is 1. The van der Waals surface area contributed by atoms with Crippen molar-refractivity contribution in [2.75, 3.05) is 18.0 Å². The third kappa shape index (κ3) is 3.52. The van der Waals surface area contributed by atoms with Gasteiger partial charge in [-0.2, -0.15) is 5.26 Å². The molecule has 1 aliphatic heterocycles. The summed E-state index contributed by atoms with van der Waals surface area (Å²) >= 11 is 0. The number of benzene rings is 1. The van der Waals surface area contributed by atoms with E-state index in [2.05, 4.69) is 0 Å². The van der Waals surface area contributed by atoms with Crippen LogP contribution in [0.2, 0.25) is 0 Å². The Balaban J connectivity index is 2.29. The van der Waals surface area contributed by atoms with E-state index in [9.17, 15) is 14.9 Å². The molecule has 0 aliphatic carbocycles. The normalized spacial score (nSPS) is 15.7. The van der Waals surface area contributed by atoms with Crippen LogP contribution in [-0.2, 0) is 4.74 Å². The van der Waals surface area contributed by atoms with Gasteiger partial charge in [0.1, 0.15) is 11.8 Å². The number of nitro benzene ring substituents is 1. The topological polar surface area (TPSA) is 96.5 Å². The zero-order chi connectivity index (χ0) is 16.1. The minimum Gasteiger partial charge on any atom is -0.444 e. The Morgan fingerprint density at radius 2 is 2.09 bits per heavy atom. The van der Waals surface area contributed by atoms with Gasteiger partial charge in [0, 0.05) is 19.2 Å². The van der Waals surface area contributed by atoms with E-state index in [1.807, 2.05) is 4.90 Å². The van der Waals surface area contributed by atoms with E-state index in [1.54, 1.807) is 12.1 Å². The van der Waals surface area contributed by atoms with Crippen molar-refractivity contribution in [2.24, 2.45) is 0 Å². The predicted octanol–water partition coefficient (Wildman–Crippen LogP) is 2.65. The Hall–Kier alpha value is -2.62. The van der Waals surface area contributed by atoms with Crippen LogP contribution in [0.15, 0.2) is 18.2 Å². The Bertz CT molecular complexity index is 618. The molecule has 7 nitrogen and oxygen atoms in total. The highest BCUT2D eigenvalue weighted by molar-refractivity contribution is 5.91. The molecule has 0 radical (unpaired) electrons. The van der Waals surface area contributed by atoms with Crippen LogP contribution in [0.5, 0.6) is 0 Å². The van der Waals surface area contributed by atoms with E-state index in [4.69, 9.17) is 10.00 Å². The summed E-state index contributed by atoms with van der Waals surface area (Å²) in [6, 6.07) is 6.08. The summed E-state index contributed by atoms with van der Waals surface area (Å²) < 4.78 is 4.87. The van der Waals surface area contributed by atoms with Gasteiger partial charge in [-0.05, 0) is 38.3 Å². The zero-order valence-electron chi connectivity index (χ0n) is 12.3. The van der Waals surface area contributed by atoms with Crippen LogP contribution in [0, 0.1) is 21.4 Å². The van der Waals surface area contributed by atoms with Gasteiger partial charge in [-0.25, -0.2) is 4.79 Å². The second kappa shape index (κ2) is 6.89. The van der Waals surface area contributed by atoms with Crippen molar-refractivity contribution >= 4 is 17.3 Å². The van der Waals surface area contributed by atoms with E-state index >= 15 is 0 Å². The second-order valence-corrected chi connectivity index (χ2v) is 5.18. The van der Waals surface area contributed by atoms with Gasteiger partial charge in [0.05, 0.1) is 10.5 Å². The van der Waals surface area contributed by atoms with Gasteiger partial charge in [0.2, 0.25) is 0 Å². The van der Waals surface area contributed by atoms with E-state index in [1.165, 1.54) is 19.1 Å². The lowest BCUT2D eigenvalue weighted by molar-refractivity contribution is -0.384. The molecule has 0 spiro atoms. The van der Waals surface area contributed by atoms with Gasteiger partial charge in [-0.3, -0.25) is 10.1 Å². The maximum absolute atomic E-state index is 11.9. The van der Waals surface area contributed by atoms with Crippen LogP contribution < -0.4 is 4.90 Å². The van der Waals surface area contributed by atoms with Gasteiger partial charge in [-0.15, -0.1) is 0 Å². The quantitative estimate of drug-likeness (QED) is 0.482. The summed E-state index contributed by atoms with van der Waals surface area (Å²) in [6.07, 6.45) is 2.23. The molecule has 0 bridgehead atoms. The fraction of sp³-hybridized carbons (Fsp3) is 0.467. The number of hydrogen-bond acceptors (Lipinski definition) is 6. The number of piperidine rings is 1. The molecule has 0 amide bonds. The zero-order valence-corrected chi connectivity index (χ0v) is 12.3. The van der Waals surface area contributed by atoms with Crippen LogP contribution in [0.4, 0.5) is 11.4 Å². The first-order valence-electron chi connectivity index (χ1n) is 7.17. The van der Waals surface area contributed by atoms with Crippen molar-refractivity contribution < 1.29 is 14.5 Å². The van der Waals surface area contributed by atoms with E-state index in [0.717, 1.165) is 32.4 Å². The largest absolute Gasteiger partial charge is 0.444 e. The summed E-state index contributed by atoms with van der Waals surface area (Å²) in [6.45, 7) is 2.99. The average molecular weight is 303 g/mol. The minimum absolute atomic E-state index is 0.0783. The molecule has 1 fully saturated rings. The van der Waals surface area contributed by atoms with Gasteiger partial charge >= 0.3 is 5.97 Å². The minimum atomic E-state index is -0.895. The van der Waals surface area contributed by atoms with Crippen molar-refractivity contribution in [3.8, 4) is 6.07 Å². The van der Waals surface area contributed by atoms with Gasteiger partial charge in [-0.1, -0.05) is 0 Å². The van der Waals surface area contributed by atoms with Crippen LogP contribution in [0.1, 0.15) is 36.5 Å². The molecule has 116 valence electrons. The molecular formula is C15H17N3O4. The highest BCUT2D eigenvalue weighted by atomic mass is 16.6. The van der Waals surface area contributed by atoms with E-state index < -0.39 is 17.0 Å². The molecule has 1 aliphatic rings. The number of nitrogens with zero attached hydrogens (tertiary/aromatic N) is 3.